The number of carbonyl (C=O) groups is 2. The second-order valence-electron chi connectivity index (χ2n) is 5.13. The number of carbonyl (C=O) groups excluding carboxylic acids is 2. The first-order valence-electron chi connectivity index (χ1n) is 7.46. The second kappa shape index (κ2) is 7.03. The van der Waals surface area contributed by atoms with E-state index in [1.165, 1.54) is 11.3 Å². The van der Waals surface area contributed by atoms with Gasteiger partial charge in [-0.2, -0.15) is 0 Å². The Kier molecular flexibility index (Phi) is 4.83. The summed E-state index contributed by atoms with van der Waals surface area (Å²) in [5.41, 5.74) is 1.16. The molecule has 6 heteroatoms. The third-order valence-electron chi connectivity index (χ3n) is 3.48. The van der Waals surface area contributed by atoms with Crippen LogP contribution in [0.1, 0.15) is 27.0 Å². The largest absolute Gasteiger partial charge is 0.352 e. The Bertz CT molecular complexity index is 903. The molecule has 1 aromatic heterocycles. The number of nitrogens with one attached hydrogen (secondary N) is 2. The van der Waals surface area contributed by atoms with Crippen LogP contribution in [0.15, 0.2) is 48.5 Å². The van der Waals surface area contributed by atoms with Gasteiger partial charge in [0.2, 0.25) is 0 Å². The van der Waals surface area contributed by atoms with Gasteiger partial charge in [0.25, 0.3) is 11.8 Å². The third-order valence-corrected chi connectivity index (χ3v) is 5.16. The van der Waals surface area contributed by atoms with Crippen LogP contribution in [-0.4, -0.2) is 18.4 Å². The van der Waals surface area contributed by atoms with Crippen LogP contribution in [0.25, 0.3) is 10.1 Å². The molecule has 0 fully saturated rings. The standard InChI is InChI=1S/C18H15ClN2O2S/c1-2-20-17(22)11-7-9-12(10-8-11)21-18(23)16-15(19)13-5-3-4-6-14(13)24-16/h3-10H,2H2,1H3,(H,20,22)(H,21,23). The summed E-state index contributed by atoms with van der Waals surface area (Å²) in [5, 5.41) is 6.88. The maximum Gasteiger partial charge on any atom is 0.267 e. The van der Waals surface area contributed by atoms with Crippen molar-refractivity contribution in [3.05, 3.63) is 64.0 Å². The minimum absolute atomic E-state index is 0.136. The van der Waals surface area contributed by atoms with Gasteiger partial charge in [0.1, 0.15) is 4.88 Å². The van der Waals surface area contributed by atoms with E-state index in [0.717, 1.165) is 10.1 Å². The molecule has 4 nitrogen and oxygen atoms in total. The zero-order valence-corrected chi connectivity index (χ0v) is 14.5. The molecular weight excluding hydrogens is 344 g/mol. The van der Waals surface area contributed by atoms with Crippen molar-refractivity contribution in [3.8, 4) is 0 Å². The summed E-state index contributed by atoms with van der Waals surface area (Å²) in [5.74, 6) is -0.394. The number of amides is 2. The summed E-state index contributed by atoms with van der Waals surface area (Å²) in [4.78, 5) is 24.7. The van der Waals surface area contributed by atoms with Crippen LogP contribution in [0, 0.1) is 0 Å². The molecule has 0 saturated carbocycles. The summed E-state index contributed by atoms with van der Waals surface area (Å²) in [6.45, 7) is 2.43. The predicted octanol–water partition coefficient (Wildman–Crippen LogP) is 4.56. The molecule has 24 heavy (non-hydrogen) atoms. The van der Waals surface area contributed by atoms with Crippen LogP contribution >= 0.6 is 22.9 Å². The summed E-state index contributed by atoms with van der Waals surface area (Å²) < 4.78 is 0.972. The van der Waals surface area contributed by atoms with Gasteiger partial charge in [-0.25, -0.2) is 0 Å². The molecule has 122 valence electrons. The molecule has 2 aromatic carbocycles. The highest BCUT2D eigenvalue weighted by molar-refractivity contribution is 7.21. The van der Waals surface area contributed by atoms with Crippen LogP contribution in [-0.2, 0) is 0 Å². The average Bonchev–Trinajstić information content (AvgIpc) is 2.93. The van der Waals surface area contributed by atoms with Crippen molar-refractivity contribution in [2.75, 3.05) is 11.9 Å². The molecule has 1 heterocycles. The first kappa shape index (κ1) is 16.5. The van der Waals surface area contributed by atoms with Crippen molar-refractivity contribution in [2.24, 2.45) is 0 Å². The van der Waals surface area contributed by atoms with E-state index in [4.69, 9.17) is 11.6 Å². The van der Waals surface area contributed by atoms with E-state index in [0.29, 0.717) is 27.7 Å². The zero-order chi connectivity index (χ0) is 17.1. The minimum Gasteiger partial charge on any atom is -0.352 e. The van der Waals surface area contributed by atoms with E-state index >= 15 is 0 Å². The molecule has 0 radical (unpaired) electrons. The number of rotatable bonds is 4. The highest BCUT2D eigenvalue weighted by Crippen LogP contribution is 2.35. The predicted molar refractivity (Wildman–Crippen MR) is 99.2 cm³/mol. The van der Waals surface area contributed by atoms with Crippen molar-refractivity contribution >= 4 is 50.5 Å². The van der Waals surface area contributed by atoms with E-state index in [1.54, 1.807) is 24.3 Å². The number of fused-ring (bicyclic) bond motifs is 1. The van der Waals surface area contributed by atoms with Gasteiger partial charge in [0, 0.05) is 27.9 Å². The zero-order valence-electron chi connectivity index (χ0n) is 12.9. The maximum absolute atomic E-state index is 12.5. The maximum atomic E-state index is 12.5. The molecule has 0 aliphatic rings. The van der Waals surface area contributed by atoms with Gasteiger partial charge in [-0.05, 0) is 37.3 Å². The quantitative estimate of drug-likeness (QED) is 0.718. The fourth-order valence-electron chi connectivity index (χ4n) is 2.32. The lowest BCUT2D eigenvalue weighted by molar-refractivity contribution is 0.0955. The third kappa shape index (κ3) is 3.27. The SMILES string of the molecule is CCNC(=O)c1ccc(NC(=O)c2sc3ccccc3c2Cl)cc1. The van der Waals surface area contributed by atoms with Crippen LogP contribution < -0.4 is 10.6 Å². The average molecular weight is 359 g/mol. The van der Waals surface area contributed by atoms with Crippen molar-refractivity contribution in [3.63, 3.8) is 0 Å². The topological polar surface area (TPSA) is 58.2 Å². The monoisotopic (exact) mass is 358 g/mol. The van der Waals surface area contributed by atoms with E-state index < -0.39 is 0 Å². The van der Waals surface area contributed by atoms with Crippen molar-refractivity contribution < 1.29 is 9.59 Å². The molecule has 3 aromatic rings. The second-order valence-corrected chi connectivity index (χ2v) is 6.56. The molecule has 0 unspecified atom stereocenters. The smallest absolute Gasteiger partial charge is 0.267 e. The lowest BCUT2D eigenvalue weighted by atomic mass is 10.2. The van der Waals surface area contributed by atoms with E-state index in [-0.39, 0.29) is 11.8 Å². The molecule has 0 saturated heterocycles. The van der Waals surface area contributed by atoms with Gasteiger partial charge in [-0.3, -0.25) is 9.59 Å². The number of anilines is 1. The highest BCUT2D eigenvalue weighted by Gasteiger charge is 2.17. The summed E-state index contributed by atoms with van der Waals surface area (Å²) >= 11 is 7.67. The number of hydrogen-bond acceptors (Lipinski definition) is 3. The molecule has 3 rings (SSSR count). The minimum atomic E-state index is -0.257. The molecule has 0 spiro atoms. The van der Waals surface area contributed by atoms with E-state index in [1.807, 2.05) is 31.2 Å². The fourth-order valence-corrected chi connectivity index (χ4v) is 3.73. The van der Waals surface area contributed by atoms with Crippen molar-refractivity contribution in [2.45, 2.75) is 6.92 Å². The summed E-state index contributed by atoms with van der Waals surface area (Å²) in [6.07, 6.45) is 0. The molecule has 0 aliphatic carbocycles. The number of thiophene rings is 1. The first-order valence-corrected chi connectivity index (χ1v) is 8.66. The van der Waals surface area contributed by atoms with Crippen LogP contribution in [0.2, 0.25) is 5.02 Å². The molecule has 0 aliphatic heterocycles. The lowest BCUT2D eigenvalue weighted by Crippen LogP contribution is -2.22. The van der Waals surface area contributed by atoms with Gasteiger partial charge in [-0.15, -0.1) is 11.3 Å². The van der Waals surface area contributed by atoms with Gasteiger partial charge in [0.05, 0.1) is 5.02 Å². The number of benzene rings is 2. The number of hydrogen-bond donors (Lipinski definition) is 2. The van der Waals surface area contributed by atoms with Crippen LogP contribution in [0.4, 0.5) is 5.69 Å². The summed E-state index contributed by atoms with van der Waals surface area (Å²) in [7, 11) is 0. The normalized spacial score (nSPS) is 10.6. The van der Waals surface area contributed by atoms with Gasteiger partial charge >= 0.3 is 0 Å². The van der Waals surface area contributed by atoms with Gasteiger partial charge in [0.15, 0.2) is 0 Å². The van der Waals surface area contributed by atoms with Crippen LogP contribution in [0.5, 0.6) is 0 Å². The fraction of sp³-hybridized carbons (Fsp3) is 0.111. The Morgan fingerprint density at radius 3 is 2.42 bits per heavy atom. The Labute approximate surface area is 148 Å². The Morgan fingerprint density at radius 2 is 1.75 bits per heavy atom. The molecule has 2 N–H and O–H groups in total. The van der Waals surface area contributed by atoms with Gasteiger partial charge in [-0.1, -0.05) is 29.8 Å². The lowest BCUT2D eigenvalue weighted by Gasteiger charge is -2.06. The Hall–Kier alpha value is -2.37. The summed E-state index contributed by atoms with van der Waals surface area (Å²) in [6, 6.07) is 14.4. The molecule has 0 atom stereocenters. The van der Waals surface area contributed by atoms with Gasteiger partial charge < -0.3 is 10.6 Å². The molecule has 0 bridgehead atoms. The van der Waals surface area contributed by atoms with E-state index in [2.05, 4.69) is 10.6 Å². The molecular formula is C18H15ClN2O2S. The molecule has 2 amide bonds. The van der Waals surface area contributed by atoms with Crippen LogP contribution in [0.3, 0.4) is 0 Å². The van der Waals surface area contributed by atoms with E-state index in [9.17, 15) is 9.59 Å². The first-order chi connectivity index (χ1) is 11.6. The van der Waals surface area contributed by atoms with Crippen molar-refractivity contribution in [1.82, 2.24) is 5.32 Å². The highest BCUT2D eigenvalue weighted by atomic mass is 35.5. The Balaban J connectivity index is 1.79. The number of halogens is 1. The Morgan fingerprint density at radius 1 is 1.04 bits per heavy atom. The van der Waals surface area contributed by atoms with Crippen molar-refractivity contribution in [1.29, 1.82) is 0 Å².